The molecule has 1 N–H and O–H groups in total. The summed E-state index contributed by atoms with van der Waals surface area (Å²) in [6.45, 7) is 6.62. The van der Waals surface area contributed by atoms with E-state index in [1.165, 1.54) is 0 Å². The standard InChI is InChI=1S/C30H36N2O4/c1-5-14-31-30(34)28(19-24-10-7-6-8-11-24)32(20-25-12-9-13-26(18-25)35-4)29(33)21-36-27-16-22(2)15-23(3)17-27/h6-13,15-18,28H,5,14,19-21H2,1-4H3,(H,31,34)/t28-/m0/s1. The maximum atomic E-state index is 13.6. The number of nitrogens with zero attached hydrogens (tertiary/aromatic N) is 1. The van der Waals surface area contributed by atoms with E-state index < -0.39 is 6.04 Å². The smallest absolute Gasteiger partial charge is 0.261 e. The molecule has 0 bridgehead atoms. The monoisotopic (exact) mass is 488 g/mol. The van der Waals surface area contributed by atoms with E-state index in [0.717, 1.165) is 28.7 Å². The van der Waals surface area contributed by atoms with E-state index in [1.54, 1.807) is 12.0 Å². The number of benzene rings is 3. The highest BCUT2D eigenvalue weighted by molar-refractivity contribution is 5.88. The van der Waals surface area contributed by atoms with E-state index in [9.17, 15) is 9.59 Å². The van der Waals surface area contributed by atoms with Crippen molar-refractivity contribution in [3.05, 3.63) is 95.1 Å². The summed E-state index contributed by atoms with van der Waals surface area (Å²) in [6, 6.07) is 22.5. The Morgan fingerprint density at radius 3 is 2.25 bits per heavy atom. The largest absolute Gasteiger partial charge is 0.497 e. The lowest BCUT2D eigenvalue weighted by molar-refractivity contribution is -0.142. The van der Waals surface area contributed by atoms with Crippen molar-refractivity contribution in [1.29, 1.82) is 0 Å². The predicted molar refractivity (Wildman–Crippen MR) is 142 cm³/mol. The van der Waals surface area contributed by atoms with Crippen molar-refractivity contribution in [2.75, 3.05) is 20.3 Å². The van der Waals surface area contributed by atoms with Crippen molar-refractivity contribution >= 4 is 11.8 Å². The van der Waals surface area contributed by atoms with Gasteiger partial charge < -0.3 is 19.7 Å². The van der Waals surface area contributed by atoms with Crippen molar-refractivity contribution in [3.8, 4) is 11.5 Å². The molecule has 0 aliphatic rings. The number of carbonyl (C=O) groups is 2. The van der Waals surface area contributed by atoms with Crippen LogP contribution in [0.1, 0.15) is 35.6 Å². The number of methoxy groups -OCH3 is 1. The molecule has 2 amide bonds. The first-order valence-electron chi connectivity index (χ1n) is 12.3. The molecular formula is C30H36N2O4. The molecule has 6 heteroatoms. The molecule has 190 valence electrons. The van der Waals surface area contributed by atoms with Crippen LogP contribution in [0.5, 0.6) is 11.5 Å². The molecule has 3 rings (SSSR count). The Kier molecular flexibility index (Phi) is 9.92. The maximum Gasteiger partial charge on any atom is 0.261 e. The fraction of sp³-hybridized carbons (Fsp3) is 0.333. The fourth-order valence-electron chi connectivity index (χ4n) is 4.13. The van der Waals surface area contributed by atoms with Crippen molar-refractivity contribution < 1.29 is 19.1 Å². The fourth-order valence-corrected chi connectivity index (χ4v) is 4.13. The average molecular weight is 489 g/mol. The molecular weight excluding hydrogens is 452 g/mol. The first kappa shape index (κ1) is 26.8. The minimum absolute atomic E-state index is 0.167. The SMILES string of the molecule is CCCNC(=O)[C@H](Cc1ccccc1)N(Cc1cccc(OC)c1)C(=O)COc1cc(C)cc(C)c1. The molecule has 6 nitrogen and oxygen atoms in total. The van der Waals surface area contributed by atoms with Gasteiger partial charge in [-0.15, -0.1) is 0 Å². The predicted octanol–water partition coefficient (Wildman–Crippen LogP) is 4.86. The van der Waals surface area contributed by atoms with Crippen molar-refractivity contribution in [2.24, 2.45) is 0 Å². The quantitative estimate of drug-likeness (QED) is 0.396. The van der Waals surface area contributed by atoms with Crippen LogP contribution in [-0.4, -0.2) is 43.0 Å². The van der Waals surface area contributed by atoms with E-state index in [-0.39, 0.29) is 25.0 Å². The Hall–Kier alpha value is -3.80. The molecule has 0 unspecified atom stereocenters. The van der Waals surface area contributed by atoms with Gasteiger partial charge in [-0.25, -0.2) is 0 Å². The highest BCUT2D eigenvalue weighted by Crippen LogP contribution is 2.20. The van der Waals surface area contributed by atoms with Crippen molar-refractivity contribution in [2.45, 2.75) is 46.2 Å². The van der Waals surface area contributed by atoms with Gasteiger partial charge in [0.25, 0.3) is 5.91 Å². The zero-order valence-corrected chi connectivity index (χ0v) is 21.6. The minimum atomic E-state index is -0.694. The molecule has 0 aromatic heterocycles. The molecule has 0 radical (unpaired) electrons. The van der Waals surface area contributed by atoms with Gasteiger partial charge in [-0.1, -0.05) is 55.5 Å². The van der Waals surface area contributed by atoms with E-state index in [4.69, 9.17) is 9.47 Å². The van der Waals surface area contributed by atoms with Gasteiger partial charge in [-0.3, -0.25) is 9.59 Å². The lowest BCUT2D eigenvalue weighted by atomic mass is 10.0. The van der Waals surface area contributed by atoms with Crippen molar-refractivity contribution in [1.82, 2.24) is 10.2 Å². The lowest BCUT2D eigenvalue weighted by Gasteiger charge is -2.31. The number of ether oxygens (including phenoxy) is 2. The first-order valence-corrected chi connectivity index (χ1v) is 12.3. The number of rotatable bonds is 12. The molecule has 3 aromatic rings. The molecule has 0 aliphatic heterocycles. The van der Waals surface area contributed by atoms with Crippen LogP contribution in [0, 0.1) is 13.8 Å². The normalized spacial score (nSPS) is 11.4. The second kappa shape index (κ2) is 13.3. The summed E-state index contributed by atoms with van der Waals surface area (Å²) in [6.07, 6.45) is 1.21. The van der Waals surface area contributed by atoms with Gasteiger partial charge in [0.2, 0.25) is 5.91 Å². The van der Waals surface area contributed by atoms with Gasteiger partial charge in [0.05, 0.1) is 7.11 Å². The number of hydrogen-bond acceptors (Lipinski definition) is 4. The van der Waals surface area contributed by atoms with Crippen LogP contribution >= 0.6 is 0 Å². The van der Waals surface area contributed by atoms with E-state index in [0.29, 0.717) is 24.5 Å². The summed E-state index contributed by atoms with van der Waals surface area (Å²) in [5, 5.41) is 2.99. The van der Waals surface area contributed by atoms with Gasteiger partial charge in [0.15, 0.2) is 6.61 Å². The molecule has 36 heavy (non-hydrogen) atoms. The first-order chi connectivity index (χ1) is 17.4. The summed E-state index contributed by atoms with van der Waals surface area (Å²) in [4.78, 5) is 28.6. The third-order valence-electron chi connectivity index (χ3n) is 5.86. The summed E-state index contributed by atoms with van der Waals surface area (Å²) >= 11 is 0. The van der Waals surface area contributed by atoms with Crippen LogP contribution in [0.25, 0.3) is 0 Å². The van der Waals surface area contributed by atoms with Crippen LogP contribution in [-0.2, 0) is 22.6 Å². The zero-order chi connectivity index (χ0) is 25.9. The summed E-state index contributed by atoms with van der Waals surface area (Å²) in [5.74, 6) is 0.895. The van der Waals surface area contributed by atoms with Crippen LogP contribution < -0.4 is 14.8 Å². The van der Waals surface area contributed by atoms with Crippen LogP contribution in [0.2, 0.25) is 0 Å². The topological polar surface area (TPSA) is 67.9 Å². The van der Waals surface area contributed by atoms with Gasteiger partial charge in [0.1, 0.15) is 17.5 Å². The number of aryl methyl sites for hydroxylation is 2. The molecule has 0 saturated heterocycles. The van der Waals surface area contributed by atoms with Gasteiger partial charge in [-0.05, 0) is 66.8 Å². The highest BCUT2D eigenvalue weighted by Gasteiger charge is 2.30. The lowest BCUT2D eigenvalue weighted by Crippen LogP contribution is -2.51. The van der Waals surface area contributed by atoms with E-state index in [1.807, 2.05) is 87.5 Å². The molecule has 0 fully saturated rings. The minimum Gasteiger partial charge on any atom is -0.497 e. The zero-order valence-electron chi connectivity index (χ0n) is 21.6. The van der Waals surface area contributed by atoms with Gasteiger partial charge in [0, 0.05) is 19.5 Å². The van der Waals surface area contributed by atoms with Crippen LogP contribution in [0.3, 0.4) is 0 Å². The Morgan fingerprint density at radius 2 is 1.58 bits per heavy atom. The van der Waals surface area contributed by atoms with Crippen LogP contribution in [0.4, 0.5) is 0 Å². The molecule has 3 aromatic carbocycles. The molecule has 1 atom stereocenters. The third-order valence-corrected chi connectivity index (χ3v) is 5.86. The van der Waals surface area contributed by atoms with Crippen molar-refractivity contribution in [3.63, 3.8) is 0 Å². The second-order valence-corrected chi connectivity index (χ2v) is 8.98. The van der Waals surface area contributed by atoms with Gasteiger partial charge >= 0.3 is 0 Å². The Labute approximate surface area is 214 Å². The highest BCUT2D eigenvalue weighted by atomic mass is 16.5. The summed E-state index contributed by atoms with van der Waals surface area (Å²) in [5.41, 5.74) is 3.97. The Morgan fingerprint density at radius 1 is 0.889 bits per heavy atom. The molecule has 0 spiro atoms. The number of carbonyl (C=O) groups excluding carboxylic acids is 2. The van der Waals surface area contributed by atoms with Gasteiger partial charge in [-0.2, -0.15) is 0 Å². The summed E-state index contributed by atoms with van der Waals surface area (Å²) in [7, 11) is 1.61. The van der Waals surface area contributed by atoms with E-state index in [2.05, 4.69) is 11.4 Å². The number of hydrogen-bond donors (Lipinski definition) is 1. The summed E-state index contributed by atoms with van der Waals surface area (Å²) < 4.78 is 11.3. The molecule has 0 heterocycles. The van der Waals surface area contributed by atoms with E-state index >= 15 is 0 Å². The maximum absolute atomic E-state index is 13.6. The Balaban J connectivity index is 1.91. The third kappa shape index (κ3) is 7.87. The molecule has 0 aliphatic carbocycles. The average Bonchev–Trinajstić information content (AvgIpc) is 2.88. The second-order valence-electron chi connectivity index (χ2n) is 8.98. The number of amides is 2. The van der Waals surface area contributed by atoms with Crippen LogP contribution in [0.15, 0.2) is 72.8 Å². The molecule has 0 saturated carbocycles. The Bertz CT molecular complexity index is 1130. The number of nitrogens with one attached hydrogen (secondary N) is 1.